The van der Waals surface area contributed by atoms with Crippen LogP contribution in [0.15, 0.2) is 24.3 Å². The van der Waals surface area contributed by atoms with Crippen LogP contribution in [-0.4, -0.2) is 62.3 Å². The highest BCUT2D eigenvalue weighted by Crippen LogP contribution is 2.30. The second kappa shape index (κ2) is 7.58. The third kappa shape index (κ3) is 4.09. The van der Waals surface area contributed by atoms with E-state index in [4.69, 9.17) is 4.74 Å². The van der Waals surface area contributed by atoms with Gasteiger partial charge in [-0.05, 0) is 63.4 Å². The van der Waals surface area contributed by atoms with Gasteiger partial charge in [-0.15, -0.1) is 0 Å². The Morgan fingerprint density at radius 2 is 1.91 bits per heavy atom. The quantitative estimate of drug-likeness (QED) is 0.854. The van der Waals surface area contributed by atoms with Crippen LogP contribution in [0.5, 0.6) is 0 Å². The number of likely N-dealkylation sites (N-methyl/N-ethyl adjacent to an activating group) is 1. The highest BCUT2D eigenvalue weighted by Gasteiger charge is 2.25. The number of hydrogen-bond donors (Lipinski definition) is 0. The smallest absolute Gasteiger partial charge is 0.0828 e. The first-order chi connectivity index (χ1) is 10.7. The predicted molar refractivity (Wildman–Crippen MR) is 91.4 cm³/mol. The van der Waals surface area contributed by atoms with Crippen LogP contribution in [0, 0.1) is 6.92 Å². The van der Waals surface area contributed by atoms with Crippen molar-refractivity contribution in [3.63, 3.8) is 0 Å². The largest absolute Gasteiger partial charge is 0.376 e. The van der Waals surface area contributed by atoms with Crippen LogP contribution < -0.4 is 0 Å². The van der Waals surface area contributed by atoms with Gasteiger partial charge in [-0.2, -0.15) is 0 Å². The van der Waals surface area contributed by atoms with Crippen molar-refractivity contribution in [1.29, 1.82) is 0 Å². The van der Waals surface area contributed by atoms with Crippen molar-refractivity contribution in [3.05, 3.63) is 35.4 Å². The predicted octanol–water partition coefficient (Wildman–Crippen LogP) is 2.90. The van der Waals surface area contributed by atoms with E-state index < -0.39 is 0 Å². The Hall–Kier alpha value is -0.900. The van der Waals surface area contributed by atoms with E-state index in [1.807, 2.05) is 0 Å². The number of rotatable bonds is 3. The summed E-state index contributed by atoms with van der Waals surface area (Å²) in [5.41, 5.74) is 3.02. The Kier molecular flexibility index (Phi) is 5.51. The van der Waals surface area contributed by atoms with E-state index in [9.17, 15) is 0 Å². The molecule has 3 rings (SSSR count). The molecule has 2 heterocycles. The van der Waals surface area contributed by atoms with Crippen LogP contribution in [0.2, 0.25) is 0 Å². The summed E-state index contributed by atoms with van der Waals surface area (Å²) in [7, 11) is 2.21. The van der Waals surface area contributed by atoms with E-state index in [-0.39, 0.29) is 0 Å². The second-order valence-electron chi connectivity index (χ2n) is 7.04. The minimum atomic E-state index is 0.391. The van der Waals surface area contributed by atoms with Gasteiger partial charge in [0.25, 0.3) is 0 Å². The summed E-state index contributed by atoms with van der Waals surface area (Å²) in [6, 6.07) is 8.90. The summed E-state index contributed by atoms with van der Waals surface area (Å²) < 4.78 is 6.02. The number of ether oxygens (including phenoxy) is 1. The van der Waals surface area contributed by atoms with Crippen LogP contribution >= 0.6 is 0 Å². The zero-order valence-electron chi connectivity index (χ0n) is 14.1. The van der Waals surface area contributed by atoms with E-state index in [2.05, 4.69) is 48.0 Å². The molecule has 0 radical (unpaired) electrons. The molecule has 0 aromatic heterocycles. The molecule has 2 aliphatic heterocycles. The van der Waals surface area contributed by atoms with Crippen molar-refractivity contribution in [3.8, 4) is 0 Å². The van der Waals surface area contributed by atoms with E-state index >= 15 is 0 Å². The van der Waals surface area contributed by atoms with Crippen molar-refractivity contribution in [2.24, 2.45) is 0 Å². The summed E-state index contributed by atoms with van der Waals surface area (Å²) in [5.74, 6) is 0.746. The van der Waals surface area contributed by atoms with Gasteiger partial charge >= 0.3 is 0 Å². The lowest BCUT2D eigenvalue weighted by Gasteiger charge is -2.35. The third-order valence-electron chi connectivity index (χ3n) is 5.23. The summed E-state index contributed by atoms with van der Waals surface area (Å²) in [4.78, 5) is 5.02. The molecule has 0 spiro atoms. The Morgan fingerprint density at radius 1 is 1.14 bits per heavy atom. The molecular weight excluding hydrogens is 272 g/mol. The first-order valence-corrected chi connectivity index (χ1v) is 8.80. The minimum Gasteiger partial charge on any atom is -0.376 e. The number of nitrogens with zero attached hydrogens (tertiary/aromatic N) is 2. The molecule has 0 N–H and O–H groups in total. The average Bonchev–Trinajstić information content (AvgIpc) is 2.73. The standard InChI is InChI=1S/C19H30N2O/c1-16-6-3-4-7-19(16)17-8-11-21(12-9-17)15-18-14-20(2)10-5-13-22-18/h3-4,6-7,17-18H,5,8-15H2,1-2H3. The van der Waals surface area contributed by atoms with Crippen molar-refractivity contribution in [1.82, 2.24) is 9.80 Å². The molecule has 0 saturated carbocycles. The van der Waals surface area contributed by atoms with Crippen LogP contribution in [-0.2, 0) is 4.74 Å². The maximum Gasteiger partial charge on any atom is 0.0828 e. The number of benzene rings is 1. The molecule has 1 atom stereocenters. The van der Waals surface area contributed by atoms with Crippen LogP contribution in [0.25, 0.3) is 0 Å². The molecule has 1 unspecified atom stereocenters. The summed E-state index contributed by atoms with van der Waals surface area (Å²) in [6.45, 7) is 8.95. The maximum absolute atomic E-state index is 6.02. The lowest BCUT2D eigenvalue weighted by molar-refractivity contribution is 0.0234. The summed E-state index contributed by atoms with van der Waals surface area (Å²) >= 11 is 0. The topological polar surface area (TPSA) is 15.7 Å². The van der Waals surface area contributed by atoms with Gasteiger partial charge in [-0.25, -0.2) is 0 Å². The second-order valence-corrected chi connectivity index (χ2v) is 7.04. The third-order valence-corrected chi connectivity index (χ3v) is 5.23. The monoisotopic (exact) mass is 302 g/mol. The van der Waals surface area contributed by atoms with Crippen molar-refractivity contribution in [2.75, 3.05) is 46.4 Å². The number of piperidine rings is 1. The van der Waals surface area contributed by atoms with Crippen molar-refractivity contribution < 1.29 is 4.74 Å². The van der Waals surface area contributed by atoms with Gasteiger partial charge in [0, 0.05) is 26.2 Å². The minimum absolute atomic E-state index is 0.391. The zero-order valence-corrected chi connectivity index (χ0v) is 14.1. The molecule has 0 amide bonds. The Labute approximate surface area is 135 Å². The highest BCUT2D eigenvalue weighted by atomic mass is 16.5. The molecule has 1 aromatic rings. The molecule has 122 valence electrons. The van der Waals surface area contributed by atoms with Crippen molar-refractivity contribution >= 4 is 0 Å². The van der Waals surface area contributed by atoms with Gasteiger partial charge in [0.05, 0.1) is 6.10 Å². The van der Waals surface area contributed by atoms with Crippen LogP contribution in [0.1, 0.15) is 36.3 Å². The first kappa shape index (κ1) is 16.0. The average molecular weight is 302 g/mol. The fraction of sp³-hybridized carbons (Fsp3) is 0.684. The van der Waals surface area contributed by atoms with E-state index in [0.29, 0.717) is 6.10 Å². The van der Waals surface area contributed by atoms with Gasteiger partial charge in [0.2, 0.25) is 0 Å². The number of likely N-dealkylation sites (tertiary alicyclic amines) is 1. The molecule has 0 bridgehead atoms. The first-order valence-electron chi connectivity index (χ1n) is 8.80. The molecule has 0 aliphatic carbocycles. The molecule has 3 heteroatoms. The van der Waals surface area contributed by atoms with Gasteiger partial charge in [0.1, 0.15) is 0 Å². The van der Waals surface area contributed by atoms with E-state index in [1.54, 1.807) is 5.56 Å². The lowest BCUT2D eigenvalue weighted by Crippen LogP contribution is -2.42. The highest BCUT2D eigenvalue weighted by molar-refractivity contribution is 5.29. The van der Waals surface area contributed by atoms with Gasteiger partial charge in [-0.1, -0.05) is 24.3 Å². The van der Waals surface area contributed by atoms with E-state index in [1.165, 1.54) is 44.5 Å². The maximum atomic E-state index is 6.02. The molecule has 22 heavy (non-hydrogen) atoms. The lowest BCUT2D eigenvalue weighted by atomic mass is 9.87. The number of hydrogen-bond acceptors (Lipinski definition) is 3. The zero-order chi connectivity index (χ0) is 15.4. The molecule has 2 saturated heterocycles. The molecule has 2 aliphatic rings. The van der Waals surface area contributed by atoms with Gasteiger partial charge < -0.3 is 14.5 Å². The van der Waals surface area contributed by atoms with Crippen LogP contribution in [0.3, 0.4) is 0 Å². The fourth-order valence-corrected chi connectivity index (χ4v) is 3.95. The van der Waals surface area contributed by atoms with Gasteiger partial charge in [-0.3, -0.25) is 0 Å². The fourth-order valence-electron chi connectivity index (χ4n) is 3.95. The van der Waals surface area contributed by atoms with Crippen LogP contribution in [0.4, 0.5) is 0 Å². The summed E-state index contributed by atoms with van der Waals surface area (Å²) in [5, 5.41) is 0. The molecule has 1 aromatic carbocycles. The number of aryl methyl sites for hydroxylation is 1. The van der Waals surface area contributed by atoms with Gasteiger partial charge in [0.15, 0.2) is 0 Å². The molecule has 2 fully saturated rings. The summed E-state index contributed by atoms with van der Waals surface area (Å²) in [6.07, 6.45) is 4.13. The normalized spacial score (nSPS) is 26.0. The van der Waals surface area contributed by atoms with E-state index in [0.717, 1.165) is 25.6 Å². The molecule has 3 nitrogen and oxygen atoms in total. The SMILES string of the molecule is Cc1ccccc1C1CCN(CC2CN(C)CCCO2)CC1. The molecular formula is C19H30N2O. The Bertz CT molecular complexity index is 468. The Morgan fingerprint density at radius 3 is 2.68 bits per heavy atom. The Balaban J connectivity index is 1.50. The van der Waals surface area contributed by atoms with Crippen molar-refractivity contribution in [2.45, 2.75) is 38.2 Å².